The summed E-state index contributed by atoms with van der Waals surface area (Å²) >= 11 is 0. The molecule has 0 atom stereocenters. The second-order valence-corrected chi connectivity index (χ2v) is 6.84. The zero-order valence-electron chi connectivity index (χ0n) is 16.0. The van der Waals surface area contributed by atoms with E-state index < -0.39 is 17.5 Å². The topological polar surface area (TPSA) is 127 Å². The third kappa shape index (κ3) is 4.35. The summed E-state index contributed by atoms with van der Waals surface area (Å²) < 4.78 is 5.38. The highest BCUT2D eigenvalue weighted by Crippen LogP contribution is 2.25. The van der Waals surface area contributed by atoms with Crippen molar-refractivity contribution in [2.24, 2.45) is 5.73 Å². The van der Waals surface area contributed by atoms with E-state index in [9.17, 15) is 9.59 Å². The van der Waals surface area contributed by atoms with Crippen molar-refractivity contribution in [1.82, 2.24) is 4.98 Å². The van der Waals surface area contributed by atoms with Crippen molar-refractivity contribution < 1.29 is 24.2 Å². The lowest BCUT2D eigenvalue weighted by Gasteiger charge is -2.19. The Morgan fingerprint density at radius 2 is 1.48 bits per heavy atom. The molecule has 0 radical (unpaired) electrons. The van der Waals surface area contributed by atoms with Crippen molar-refractivity contribution in [1.29, 1.82) is 0 Å². The number of carboxylic acids is 2. The maximum absolute atomic E-state index is 11.2. The molecule has 0 aliphatic carbocycles. The molecule has 0 aliphatic heterocycles. The molecule has 7 nitrogen and oxygen atoms in total. The third-order valence-electron chi connectivity index (χ3n) is 4.89. The van der Waals surface area contributed by atoms with E-state index in [1.165, 1.54) is 0 Å². The average Bonchev–Trinajstić information content (AvgIpc) is 3.21. The molecule has 2 aromatic carbocycles. The zero-order chi connectivity index (χ0) is 21.0. The maximum Gasteiger partial charge on any atom is 0.335 e. The number of oxazole rings is 1. The van der Waals surface area contributed by atoms with Crippen LogP contribution in [-0.4, -0.2) is 32.7 Å². The maximum atomic E-state index is 11.2. The lowest BCUT2D eigenvalue weighted by Crippen LogP contribution is -2.55. The van der Waals surface area contributed by atoms with Crippen LogP contribution in [0, 0.1) is 0 Å². The van der Waals surface area contributed by atoms with Crippen LogP contribution in [0.1, 0.15) is 24.8 Å². The van der Waals surface area contributed by atoms with Gasteiger partial charge in [0.1, 0.15) is 12.0 Å². The van der Waals surface area contributed by atoms with E-state index in [1.54, 1.807) is 6.26 Å². The molecular weight excluding hydrogens is 372 g/mol. The van der Waals surface area contributed by atoms with Crippen LogP contribution in [0.4, 0.5) is 0 Å². The van der Waals surface area contributed by atoms with Crippen molar-refractivity contribution in [2.45, 2.75) is 31.7 Å². The zero-order valence-corrected chi connectivity index (χ0v) is 16.0. The predicted octanol–water partition coefficient (Wildman–Crippen LogP) is 3.37. The third-order valence-corrected chi connectivity index (χ3v) is 4.89. The van der Waals surface area contributed by atoms with Crippen LogP contribution in [0.3, 0.4) is 0 Å². The molecule has 0 saturated carbocycles. The Morgan fingerprint density at radius 1 is 0.966 bits per heavy atom. The van der Waals surface area contributed by atoms with Gasteiger partial charge in [-0.05, 0) is 29.5 Å². The van der Waals surface area contributed by atoms with Crippen LogP contribution in [0.15, 0.2) is 59.2 Å². The summed E-state index contributed by atoms with van der Waals surface area (Å²) in [5, 5.41) is 18.2. The van der Waals surface area contributed by atoms with Gasteiger partial charge in [-0.25, -0.2) is 14.6 Å². The van der Waals surface area contributed by atoms with Gasteiger partial charge in [0.05, 0.1) is 0 Å². The van der Waals surface area contributed by atoms with Crippen LogP contribution >= 0.6 is 0 Å². The smallest absolute Gasteiger partial charge is 0.335 e. The number of hydrogen-bond acceptors (Lipinski definition) is 5. The van der Waals surface area contributed by atoms with Gasteiger partial charge >= 0.3 is 11.9 Å². The van der Waals surface area contributed by atoms with Crippen molar-refractivity contribution in [3.8, 4) is 22.4 Å². The minimum Gasteiger partial charge on any atom is -0.479 e. The number of aliphatic carboxylic acids is 2. The Hall–Kier alpha value is -3.45. The lowest BCUT2D eigenvalue weighted by molar-refractivity contribution is -0.157. The molecule has 3 aromatic rings. The molecular formula is C22H22N2O5. The number of carbonyl (C=O) groups is 2. The van der Waals surface area contributed by atoms with Crippen LogP contribution in [-0.2, 0) is 22.4 Å². The fraction of sp³-hybridized carbons (Fsp3) is 0.227. The van der Waals surface area contributed by atoms with Crippen molar-refractivity contribution in [3.05, 3.63) is 66.2 Å². The minimum absolute atomic E-state index is 0.191. The molecule has 0 unspecified atom stereocenters. The molecule has 0 bridgehead atoms. The standard InChI is InChI=1S/C22H22N2O5/c1-2-19-24-18(13-29-19)17-9-7-16(8-10-17)15-5-3-14(4-6-15)11-12-22(23,20(25)26)21(27)28/h3-10,13H,2,11-12,23H2,1H3,(H,25,26)(H,27,28). The van der Waals surface area contributed by atoms with Crippen LogP contribution < -0.4 is 5.73 Å². The number of nitrogens with two attached hydrogens (primary N) is 1. The predicted molar refractivity (Wildman–Crippen MR) is 107 cm³/mol. The monoisotopic (exact) mass is 394 g/mol. The molecule has 29 heavy (non-hydrogen) atoms. The Morgan fingerprint density at radius 3 is 1.97 bits per heavy atom. The SMILES string of the molecule is CCc1nc(-c2ccc(-c3ccc(CCC(N)(C(=O)O)C(=O)O)cc3)cc2)co1. The van der Waals surface area contributed by atoms with Gasteiger partial charge in [-0.15, -0.1) is 0 Å². The van der Waals surface area contributed by atoms with Crippen molar-refractivity contribution in [3.63, 3.8) is 0 Å². The van der Waals surface area contributed by atoms with E-state index in [-0.39, 0.29) is 12.8 Å². The molecule has 0 amide bonds. The van der Waals surface area contributed by atoms with Gasteiger partial charge in [0, 0.05) is 12.0 Å². The van der Waals surface area contributed by atoms with E-state index in [2.05, 4.69) is 4.98 Å². The largest absolute Gasteiger partial charge is 0.479 e. The minimum atomic E-state index is -2.28. The van der Waals surface area contributed by atoms with Crippen LogP contribution in [0.25, 0.3) is 22.4 Å². The Kier molecular flexibility index (Phi) is 5.79. The second-order valence-electron chi connectivity index (χ2n) is 6.84. The summed E-state index contributed by atoms with van der Waals surface area (Å²) in [6, 6.07) is 15.4. The summed E-state index contributed by atoms with van der Waals surface area (Å²) in [7, 11) is 0. The number of hydrogen-bond donors (Lipinski definition) is 3. The first-order chi connectivity index (χ1) is 13.8. The number of aromatic nitrogens is 1. The van der Waals surface area contributed by atoms with Crippen molar-refractivity contribution >= 4 is 11.9 Å². The van der Waals surface area contributed by atoms with Gasteiger partial charge in [0.25, 0.3) is 0 Å². The Bertz CT molecular complexity index is 992. The number of nitrogens with zero attached hydrogens (tertiary/aromatic N) is 1. The highest BCUT2D eigenvalue weighted by molar-refractivity contribution is 6.02. The summed E-state index contributed by atoms with van der Waals surface area (Å²) in [5.74, 6) is -2.38. The average molecular weight is 394 g/mol. The first-order valence-corrected chi connectivity index (χ1v) is 9.23. The lowest BCUT2D eigenvalue weighted by atomic mass is 9.92. The molecule has 150 valence electrons. The van der Waals surface area contributed by atoms with Gasteiger partial charge in [-0.3, -0.25) is 0 Å². The summed E-state index contributed by atoms with van der Waals surface area (Å²) in [6.07, 6.45) is 2.45. The first-order valence-electron chi connectivity index (χ1n) is 9.23. The summed E-state index contributed by atoms with van der Waals surface area (Å²) in [4.78, 5) is 26.7. The Balaban J connectivity index is 1.70. The number of carboxylic acid groups (broad SMARTS) is 2. The van der Waals surface area contributed by atoms with Gasteiger partial charge in [0.15, 0.2) is 5.89 Å². The highest BCUT2D eigenvalue weighted by atomic mass is 16.4. The van der Waals surface area contributed by atoms with Gasteiger partial charge < -0.3 is 20.4 Å². The first kappa shape index (κ1) is 20.3. The molecule has 1 aromatic heterocycles. The van der Waals surface area contributed by atoms with Gasteiger partial charge in [-0.2, -0.15) is 0 Å². The number of aryl methyl sites for hydroxylation is 2. The van der Waals surface area contributed by atoms with Gasteiger partial charge in [-0.1, -0.05) is 55.5 Å². The molecule has 0 fully saturated rings. The van der Waals surface area contributed by atoms with Crippen molar-refractivity contribution in [2.75, 3.05) is 0 Å². The quantitative estimate of drug-likeness (QED) is 0.500. The molecule has 7 heteroatoms. The molecule has 0 spiro atoms. The fourth-order valence-corrected chi connectivity index (χ4v) is 2.95. The second kappa shape index (κ2) is 8.28. The van der Waals surface area contributed by atoms with Crippen LogP contribution in [0.5, 0.6) is 0 Å². The summed E-state index contributed by atoms with van der Waals surface area (Å²) in [5.41, 5.74) is 7.82. The van der Waals surface area contributed by atoms with E-state index in [0.717, 1.165) is 34.4 Å². The summed E-state index contributed by atoms with van der Waals surface area (Å²) in [6.45, 7) is 1.99. The molecule has 4 N–H and O–H groups in total. The van der Waals surface area contributed by atoms with Gasteiger partial charge in [0.2, 0.25) is 5.54 Å². The van der Waals surface area contributed by atoms with E-state index in [0.29, 0.717) is 5.89 Å². The highest BCUT2D eigenvalue weighted by Gasteiger charge is 2.41. The molecule has 3 rings (SSSR count). The molecule has 0 aliphatic rings. The van der Waals surface area contributed by atoms with Crippen LogP contribution in [0.2, 0.25) is 0 Å². The molecule has 0 saturated heterocycles. The number of benzene rings is 2. The normalized spacial score (nSPS) is 11.4. The fourth-order valence-electron chi connectivity index (χ4n) is 2.95. The van der Waals surface area contributed by atoms with E-state index in [4.69, 9.17) is 20.4 Å². The Labute approximate surface area is 167 Å². The molecule has 1 heterocycles. The number of rotatable bonds is 8. The van der Waals surface area contributed by atoms with E-state index in [1.807, 2.05) is 55.5 Å². The van der Waals surface area contributed by atoms with E-state index >= 15 is 0 Å².